The Balaban J connectivity index is 2.44. The molecule has 0 N–H and O–H groups in total. The number of hydrogen-bond acceptors (Lipinski definition) is 0. The third kappa shape index (κ3) is 1.29. The van der Waals surface area contributed by atoms with E-state index in [2.05, 4.69) is 63.2 Å². The molecule has 0 aromatic heterocycles. The molecule has 0 atom stereocenters. The molecule has 19 heavy (non-hydrogen) atoms. The Bertz CT molecular complexity index is 929. The Morgan fingerprint density at radius 3 is 2.05 bits per heavy atom. The monoisotopic (exact) mass is 244 g/mol. The normalized spacial score (nSPS) is 11.9. The Morgan fingerprint density at radius 2 is 1.21 bits per heavy atom. The van der Waals surface area contributed by atoms with Gasteiger partial charge in [0, 0.05) is 0 Å². The van der Waals surface area contributed by atoms with Gasteiger partial charge >= 0.3 is 0 Å². The predicted octanol–water partition coefficient (Wildman–Crippen LogP) is 5.51. The predicted molar refractivity (Wildman–Crippen MR) is 84.4 cm³/mol. The van der Waals surface area contributed by atoms with Gasteiger partial charge in [0.1, 0.15) is 0 Å². The van der Waals surface area contributed by atoms with Gasteiger partial charge < -0.3 is 0 Å². The van der Waals surface area contributed by atoms with Crippen LogP contribution in [0, 0.1) is 20.8 Å². The molecule has 0 heteroatoms. The molecule has 0 fully saturated rings. The molecular weight excluding hydrogens is 228 g/mol. The van der Waals surface area contributed by atoms with Gasteiger partial charge in [-0.15, -0.1) is 0 Å². The maximum absolute atomic E-state index is 2.32. The zero-order valence-electron chi connectivity index (χ0n) is 11.5. The highest BCUT2D eigenvalue weighted by atomic mass is 14.1. The van der Waals surface area contributed by atoms with E-state index in [0.717, 1.165) is 0 Å². The first kappa shape index (κ1) is 10.8. The van der Waals surface area contributed by atoms with Gasteiger partial charge in [-0.1, -0.05) is 42.5 Å². The fraction of sp³-hybridized carbons (Fsp3) is 0.158. The average Bonchev–Trinajstić information content (AvgIpc) is 2.42. The lowest BCUT2D eigenvalue weighted by molar-refractivity contribution is 1.39. The molecule has 4 aromatic rings. The third-order valence-corrected chi connectivity index (χ3v) is 4.53. The molecule has 92 valence electrons. The van der Waals surface area contributed by atoms with Crippen LogP contribution in [0.15, 0.2) is 42.5 Å². The van der Waals surface area contributed by atoms with Crippen molar-refractivity contribution in [3.63, 3.8) is 0 Å². The van der Waals surface area contributed by atoms with Crippen molar-refractivity contribution in [3.8, 4) is 0 Å². The molecule has 0 spiro atoms. The van der Waals surface area contributed by atoms with Crippen molar-refractivity contribution in [2.45, 2.75) is 20.8 Å². The van der Waals surface area contributed by atoms with Crippen LogP contribution in [0.5, 0.6) is 0 Å². The minimum atomic E-state index is 1.35. The molecule has 4 aromatic carbocycles. The second-order valence-electron chi connectivity index (χ2n) is 5.62. The lowest BCUT2D eigenvalue weighted by Crippen LogP contribution is -1.90. The minimum Gasteiger partial charge on any atom is -0.0581 e. The number of rotatable bonds is 0. The Kier molecular flexibility index (Phi) is 1.98. The summed E-state index contributed by atoms with van der Waals surface area (Å²) in [4.78, 5) is 0. The second kappa shape index (κ2) is 3.48. The third-order valence-electron chi connectivity index (χ3n) is 4.53. The molecule has 0 aliphatic carbocycles. The summed E-state index contributed by atoms with van der Waals surface area (Å²) in [5.74, 6) is 0. The van der Waals surface area contributed by atoms with E-state index < -0.39 is 0 Å². The Labute approximate surface area is 113 Å². The molecule has 0 aliphatic rings. The summed E-state index contributed by atoms with van der Waals surface area (Å²) in [6.45, 7) is 6.63. The van der Waals surface area contributed by atoms with Crippen LogP contribution in [-0.2, 0) is 0 Å². The molecule has 0 heterocycles. The quantitative estimate of drug-likeness (QED) is 0.358. The highest BCUT2D eigenvalue weighted by Crippen LogP contribution is 2.37. The van der Waals surface area contributed by atoms with Crippen LogP contribution >= 0.6 is 0 Å². The zero-order valence-corrected chi connectivity index (χ0v) is 11.5. The maximum atomic E-state index is 2.32. The second-order valence-corrected chi connectivity index (χ2v) is 5.62. The molecule has 0 saturated carbocycles. The van der Waals surface area contributed by atoms with Crippen LogP contribution in [0.1, 0.15) is 16.7 Å². The maximum Gasteiger partial charge on any atom is -0.00238 e. The van der Waals surface area contributed by atoms with Gasteiger partial charge in [-0.05, 0) is 69.8 Å². The van der Waals surface area contributed by atoms with E-state index in [9.17, 15) is 0 Å². The van der Waals surface area contributed by atoms with Crippen LogP contribution in [0.4, 0.5) is 0 Å². The number of hydrogen-bond donors (Lipinski definition) is 0. The number of benzene rings is 4. The fourth-order valence-electron chi connectivity index (χ4n) is 3.31. The van der Waals surface area contributed by atoms with Crippen LogP contribution in [0.3, 0.4) is 0 Å². The van der Waals surface area contributed by atoms with E-state index in [1.165, 1.54) is 49.0 Å². The molecule has 0 radical (unpaired) electrons. The van der Waals surface area contributed by atoms with Gasteiger partial charge in [0.05, 0.1) is 0 Å². The molecule has 0 aliphatic heterocycles. The Hall–Kier alpha value is -2.08. The smallest absolute Gasteiger partial charge is 0.00238 e. The van der Waals surface area contributed by atoms with Gasteiger partial charge in [0.25, 0.3) is 0 Å². The molecule has 0 bridgehead atoms. The van der Waals surface area contributed by atoms with Crippen molar-refractivity contribution in [1.29, 1.82) is 0 Å². The van der Waals surface area contributed by atoms with Crippen LogP contribution in [0.25, 0.3) is 32.3 Å². The van der Waals surface area contributed by atoms with Crippen molar-refractivity contribution in [2.75, 3.05) is 0 Å². The molecule has 0 unspecified atom stereocenters. The van der Waals surface area contributed by atoms with Crippen LogP contribution < -0.4 is 0 Å². The first-order valence-corrected chi connectivity index (χ1v) is 6.81. The molecule has 0 amide bonds. The van der Waals surface area contributed by atoms with Crippen molar-refractivity contribution in [3.05, 3.63) is 59.2 Å². The first-order valence-electron chi connectivity index (χ1n) is 6.81. The van der Waals surface area contributed by atoms with E-state index in [-0.39, 0.29) is 0 Å². The number of aryl methyl sites for hydroxylation is 3. The summed E-state index contributed by atoms with van der Waals surface area (Å²) in [6, 6.07) is 15.9. The van der Waals surface area contributed by atoms with Gasteiger partial charge in [0.15, 0.2) is 0 Å². The molecular formula is C19H16. The van der Waals surface area contributed by atoms with Gasteiger partial charge in [-0.25, -0.2) is 0 Å². The SMILES string of the molecule is Cc1cc2ccc3c(C)ccc4ccc(c1C)c2c43. The highest BCUT2D eigenvalue weighted by molar-refractivity contribution is 6.24. The molecule has 0 saturated heterocycles. The summed E-state index contributed by atoms with van der Waals surface area (Å²) in [6.07, 6.45) is 0. The largest absolute Gasteiger partial charge is 0.0581 e. The summed E-state index contributed by atoms with van der Waals surface area (Å²) >= 11 is 0. The minimum absolute atomic E-state index is 1.35. The van der Waals surface area contributed by atoms with E-state index in [1.54, 1.807) is 0 Å². The van der Waals surface area contributed by atoms with Crippen molar-refractivity contribution < 1.29 is 0 Å². The topological polar surface area (TPSA) is 0 Å². The first-order chi connectivity index (χ1) is 9.16. The van der Waals surface area contributed by atoms with Crippen molar-refractivity contribution >= 4 is 32.3 Å². The zero-order chi connectivity index (χ0) is 13.1. The summed E-state index contributed by atoms with van der Waals surface area (Å²) in [5, 5.41) is 8.36. The lowest BCUT2D eigenvalue weighted by Gasteiger charge is -2.15. The molecule has 0 nitrogen and oxygen atoms in total. The van der Waals surface area contributed by atoms with Crippen LogP contribution in [0.2, 0.25) is 0 Å². The fourth-order valence-corrected chi connectivity index (χ4v) is 3.31. The van der Waals surface area contributed by atoms with E-state index in [0.29, 0.717) is 0 Å². The van der Waals surface area contributed by atoms with E-state index in [1.807, 2.05) is 0 Å². The van der Waals surface area contributed by atoms with Crippen molar-refractivity contribution in [1.82, 2.24) is 0 Å². The van der Waals surface area contributed by atoms with E-state index in [4.69, 9.17) is 0 Å². The Morgan fingerprint density at radius 1 is 0.579 bits per heavy atom. The standard InChI is InChI=1S/C19H16/c1-11-4-5-14-6-9-17-13(3)12(2)10-15-7-8-16(11)18(14)19(15)17/h4-10H,1-3H3. The van der Waals surface area contributed by atoms with Gasteiger partial charge in [-0.3, -0.25) is 0 Å². The van der Waals surface area contributed by atoms with Gasteiger partial charge in [0.2, 0.25) is 0 Å². The van der Waals surface area contributed by atoms with Gasteiger partial charge in [-0.2, -0.15) is 0 Å². The summed E-state index contributed by atoms with van der Waals surface area (Å²) in [7, 11) is 0. The summed E-state index contributed by atoms with van der Waals surface area (Å²) in [5.41, 5.74) is 4.14. The van der Waals surface area contributed by atoms with E-state index >= 15 is 0 Å². The summed E-state index contributed by atoms with van der Waals surface area (Å²) < 4.78 is 0. The highest BCUT2D eigenvalue weighted by Gasteiger charge is 2.11. The van der Waals surface area contributed by atoms with Crippen LogP contribution in [-0.4, -0.2) is 0 Å². The lowest BCUT2D eigenvalue weighted by atomic mass is 9.89. The van der Waals surface area contributed by atoms with Crippen molar-refractivity contribution in [2.24, 2.45) is 0 Å². The molecule has 4 rings (SSSR count). The average molecular weight is 244 g/mol.